The van der Waals surface area contributed by atoms with Gasteiger partial charge in [0.05, 0.1) is 0 Å². The molecule has 71 valence electrons. The SMILES string of the molecule is CCC[CH]Nc1ccccc1CC. The maximum absolute atomic E-state index is 3.34. The molecule has 0 saturated heterocycles. The van der Waals surface area contributed by atoms with Gasteiger partial charge in [-0.2, -0.15) is 0 Å². The van der Waals surface area contributed by atoms with E-state index in [9.17, 15) is 0 Å². The highest BCUT2D eigenvalue weighted by Crippen LogP contribution is 2.16. The summed E-state index contributed by atoms with van der Waals surface area (Å²) in [4.78, 5) is 0. The van der Waals surface area contributed by atoms with Gasteiger partial charge in [-0.1, -0.05) is 38.5 Å². The minimum atomic E-state index is 1.09. The Morgan fingerprint density at radius 3 is 2.69 bits per heavy atom. The second-order valence-corrected chi connectivity index (χ2v) is 3.15. The van der Waals surface area contributed by atoms with Gasteiger partial charge in [-0.25, -0.2) is 0 Å². The summed E-state index contributed by atoms with van der Waals surface area (Å²) in [5.74, 6) is 0. The summed E-state index contributed by atoms with van der Waals surface area (Å²) in [6.07, 6.45) is 3.41. The zero-order chi connectivity index (χ0) is 9.52. The predicted octanol–water partition coefficient (Wildman–Crippen LogP) is 3.62. The first kappa shape index (κ1) is 10.1. The average Bonchev–Trinajstić information content (AvgIpc) is 2.19. The third-order valence-electron chi connectivity index (χ3n) is 2.09. The molecule has 1 rings (SSSR count). The van der Waals surface area contributed by atoms with Gasteiger partial charge in [0.2, 0.25) is 0 Å². The lowest BCUT2D eigenvalue weighted by Gasteiger charge is -2.09. The summed E-state index contributed by atoms with van der Waals surface area (Å²) in [6.45, 7) is 6.50. The van der Waals surface area contributed by atoms with Crippen molar-refractivity contribution < 1.29 is 0 Å². The molecule has 1 aromatic carbocycles. The quantitative estimate of drug-likeness (QED) is 0.676. The number of aryl methyl sites for hydroxylation is 1. The van der Waals surface area contributed by atoms with Crippen molar-refractivity contribution in [3.63, 3.8) is 0 Å². The Morgan fingerprint density at radius 1 is 1.23 bits per heavy atom. The summed E-state index contributed by atoms with van der Waals surface area (Å²) in [7, 11) is 0. The van der Waals surface area contributed by atoms with Gasteiger partial charge in [0.1, 0.15) is 0 Å². The maximum Gasteiger partial charge on any atom is 0.0462 e. The minimum absolute atomic E-state index is 1.09. The van der Waals surface area contributed by atoms with Gasteiger partial charge in [0, 0.05) is 12.2 Å². The second-order valence-electron chi connectivity index (χ2n) is 3.15. The lowest BCUT2D eigenvalue weighted by Crippen LogP contribution is -1.97. The Balaban J connectivity index is 2.54. The van der Waals surface area contributed by atoms with E-state index < -0.39 is 0 Å². The highest BCUT2D eigenvalue weighted by Gasteiger charge is 1.97. The van der Waals surface area contributed by atoms with Crippen LogP contribution in [0.2, 0.25) is 0 Å². The molecule has 1 nitrogen and oxygen atoms in total. The third-order valence-corrected chi connectivity index (χ3v) is 2.09. The summed E-state index contributed by atoms with van der Waals surface area (Å²) in [5.41, 5.74) is 2.63. The maximum atomic E-state index is 3.34. The number of rotatable bonds is 5. The van der Waals surface area contributed by atoms with Crippen molar-refractivity contribution in [1.29, 1.82) is 0 Å². The number of benzene rings is 1. The van der Waals surface area contributed by atoms with Crippen LogP contribution < -0.4 is 5.32 Å². The molecule has 0 fully saturated rings. The fraction of sp³-hybridized carbons (Fsp3) is 0.417. The molecule has 1 aromatic rings. The molecule has 0 spiro atoms. The Labute approximate surface area is 81.2 Å². The van der Waals surface area contributed by atoms with Crippen LogP contribution in [0.5, 0.6) is 0 Å². The highest BCUT2D eigenvalue weighted by atomic mass is 14.9. The van der Waals surface area contributed by atoms with Crippen molar-refractivity contribution in [1.82, 2.24) is 0 Å². The Kier molecular flexibility index (Phi) is 4.37. The summed E-state index contributed by atoms with van der Waals surface area (Å²) >= 11 is 0. The van der Waals surface area contributed by atoms with E-state index in [-0.39, 0.29) is 0 Å². The van der Waals surface area contributed by atoms with Crippen LogP contribution in [0.4, 0.5) is 5.69 Å². The lowest BCUT2D eigenvalue weighted by atomic mass is 10.1. The number of nitrogens with one attached hydrogen (secondary N) is 1. The molecule has 13 heavy (non-hydrogen) atoms. The van der Waals surface area contributed by atoms with E-state index in [0.29, 0.717) is 0 Å². The number of anilines is 1. The van der Waals surface area contributed by atoms with Gasteiger partial charge in [-0.15, -0.1) is 0 Å². The molecule has 0 aliphatic heterocycles. The number of hydrogen-bond donors (Lipinski definition) is 1. The van der Waals surface area contributed by atoms with Gasteiger partial charge < -0.3 is 5.32 Å². The fourth-order valence-electron chi connectivity index (χ4n) is 1.30. The molecule has 0 bridgehead atoms. The van der Waals surface area contributed by atoms with E-state index in [4.69, 9.17) is 0 Å². The molecule has 0 saturated carbocycles. The molecular formula is C12H18N. The topological polar surface area (TPSA) is 12.0 Å². The fourth-order valence-corrected chi connectivity index (χ4v) is 1.30. The Morgan fingerprint density at radius 2 is 2.00 bits per heavy atom. The second kappa shape index (κ2) is 5.63. The van der Waals surface area contributed by atoms with Crippen molar-refractivity contribution in [3.05, 3.63) is 36.4 Å². The monoisotopic (exact) mass is 176 g/mol. The van der Waals surface area contributed by atoms with Crippen molar-refractivity contribution in [2.75, 3.05) is 5.32 Å². The van der Waals surface area contributed by atoms with Crippen molar-refractivity contribution in [3.8, 4) is 0 Å². The molecule has 1 heteroatoms. The van der Waals surface area contributed by atoms with Crippen LogP contribution in [0.15, 0.2) is 24.3 Å². The van der Waals surface area contributed by atoms with E-state index in [1.165, 1.54) is 17.7 Å². The van der Waals surface area contributed by atoms with E-state index in [2.05, 4.69) is 50.0 Å². The molecule has 0 aliphatic rings. The predicted molar refractivity (Wildman–Crippen MR) is 58.7 cm³/mol. The average molecular weight is 176 g/mol. The van der Waals surface area contributed by atoms with Crippen LogP contribution in [0.1, 0.15) is 32.3 Å². The first-order chi connectivity index (χ1) is 6.38. The van der Waals surface area contributed by atoms with Crippen LogP contribution in [0.25, 0.3) is 0 Å². The van der Waals surface area contributed by atoms with E-state index in [1.807, 2.05) is 0 Å². The van der Waals surface area contributed by atoms with E-state index in [0.717, 1.165) is 12.8 Å². The largest absolute Gasteiger partial charge is 0.380 e. The third kappa shape index (κ3) is 3.10. The van der Waals surface area contributed by atoms with Gasteiger partial charge in [0.15, 0.2) is 0 Å². The molecule has 0 heterocycles. The molecule has 0 unspecified atom stereocenters. The first-order valence-electron chi connectivity index (χ1n) is 5.04. The standard InChI is InChI=1S/C12H18N/c1-3-5-10-13-12-9-7-6-8-11(12)4-2/h6-10,13H,3-5H2,1-2H3. The molecule has 1 radical (unpaired) electrons. The zero-order valence-electron chi connectivity index (χ0n) is 8.51. The van der Waals surface area contributed by atoms with Crippen LogP contribution in [0, 0.1) is 6.54 Å². The van der Waals surface area contributed by atoms with E-state index in [1.54, 1.807) is 0 Å². The van der Waals surface area contributed by atoms with Gasteiger partial charge >= 0.3 is 0 Å². The van der Waals surface area contributed by atoms with E-state index >= 15 is 0 Å². The van der Waals surface area contributed by atoms with Crippen LogP contribution in [-0.4, -0.2) is 0 Å². The normalized spacial score (nSPS) is 10.0. The zero-order valence-corrected chi connectivity index (χ0v) is 8.51. The van der Waals surface area contributed by atoms with Gasteiger partial charge in [-0.05, 0) is 24.5 Å². The Hall–Kier alpha value is -0.980. The number of para-hydroxylation sites is 1. The summed E-state index contributed by atoms with van der Waals surface area (Å²) in [6, 6.07) is 8.46. The van der Waals surface area contributed by atoms with Crippen LogP contribution >= 0.6 is 0 Å². The minimum Gasteiger partial charge on any atom is -0.380 e. The van der Waals surface area contributed by atoms with Crippen molar-refractivity contribution in [2.45, 2.75) is 33.1 Å². The summed E-state index contributed by atoms with van der Waals surface area (Å²) in [5, 5.41) is 3.34. The number of hydrogen-bond acceptors (Lipinski definition) is 1. The Bertz CT molecular complexity index is 243. The summed E-state index contributed by atoms with van der Waals surface area (Å²) < 4.78 is 0. The number of unbranched alkanes of at least 4 members (excludes halogenated alkanes) is 1. The smallest absolute Gasteiger partial charge is 0.0462 e. The molecule has 0 aromatic heterocycles. The first-order valence-corrected chi connectivity index (χ1v) is 5.04. The highest BCUT2D eigenvalue weighted by molar-refractivity contribution is 5.52. The van der Waals surface area contributed by atoms with Gasteiger partial charge in [0.25, 0.3) is 0 Å². The van der Waals surface area contributed by atoms with Crippen LogP contribution in [0.3, 0.4) is 0 Å². The molecule has 1 N–H and O–H groups in total. The molecular weight excluding hydrogens is 158 g/mol. The molecule has 0 amide bonds. The molecule has 0 aliphatic carbocycles. The lowest BCUT2D eigenvalue weighted by molar-refractivity contribution is 0.903. The van der Waals surface area contributed by atoms with Crippen molar-refractivity contribution >= 4 is 5.69 Å². The van der Waals surface area contributed by atoms with Crippen molar-refractivity contribution in [2.24, 2.45) is 0 Å². The van der Waals surface area contributed by atoms with Gasteiger partial charge in [-0.3, -0.25) is 0 Å². The molecule has 0 atom stereocenters. The van der Waals surface area contributed by atoms with Crippen LogP contribution in [-0.2, 0) is 6.42 Å².